The van der Waals surface area contributed by atoms with Gasteiger partial charge in [0.2, 0.25) is 0 Å². The molecule has 0 atom stereocenters. The number of carbonyl (C=O) groups excluding carboxylic acids is 1. The number of halogens is 1. The molecule has 1 N–H and O–H groups in total. The van der Waals surface area contributed by atoms with Gasteiger partial charge in [0.25, 0.3) is 0 Å². The van der Waals surface area contributed by atoms with Crippen molar-refractivity contribution in [1.82, 2.24) is 9.88 Å². The molecule has 154 valence electrons. The first-order valence-corrected chi connectivity index (χ1v) is 9.49. The van der Waals surface area contributed by atoms with Crippen molar-refractivity contribution in [3.05, 3.63) is 30.0 Å². The summed E-state index contributed by atoms with van der Waals surface area (Å²) in [5.74, 6) is 0.381. The zero-order valence-corrected chi connectivity index (χ0v) is 17.2. The molecule has 1 aliphatic heterocycles. The van der Waals surface area contributed by atoms with Gasteiger partial charge in [-0.1, -0.05) is 0 Å². The van der Waals surface area contributed by atoms with Gasteiger partial charge >= 0.3 is 5.97 Å². The van der Waals surface area contributed by atoms with Crippen molar-refractivity contribution in [1.29, 1.82) is 0 Å². The topological polar surface area (TPSA) is 72.9 Å². The van der Waals surface area contributed by atoms with Crippen molar-refractivity contribution in [2.75, 3.05) is 57.9 Å². The highest BCUT2D eigenvalue weighted by Crippen LogP contribution is 2.30. The van der Waals surface area contributed by atoms with Gasteiger partial charge in [-0.15, -0.1) is 12.4 Å². The number of hydrogen-bond donors (Lipinski definition) is 1. The van der Waals surface area contributed by atoms with Crippen LogP contribution in [-0.4, -0.2) is 68.5 Å². The molecule has 0 amide bonds. The van der Waals surface area contributed by atoms with Crippen molar-refractivity contribution in [2.45, 2.75) is 13.8 Å². The average molecular weight is 410 g/mol. The number of nitrogens with one attached hydrogen (secondary N) is 1. The molecule has 2 heterocycles. The second-order valence-corrected chi connectivity index (χ2v) is 6.26. The van der Waals surface area contributed by atoms with Crippen LogP contribution in [0.3, 0.4) is 0 Å². The van der Waals surface area contributed by atoms with Gasteiger partial charge in [0, 0.05) is 37.8 Å². The molecule has 1 saturated heterocycles. The maximum Gasteiger partial charge on any atom is 0.341 e. The minimum atomic E-state index is -0.373. The van der Waals surface area contributed by atoms with E-state index in [0.717, 1.165) is 55.2 Å². The van der Waals surface area contributed by atoms with Gasteiger partial charge in [-0.05, 0) is 32.0 Å². The molecular formula is C20H28ClN3O4. The van der Waals surface area contributed by atoms with Crippen LogP contribution in [0, 0.1) is 0 Å². The molecule has 1 aromatic carbocycles. The van der Waals surface area contributed by atoms with Crippen LogP contribution < -0.4 is 10.1 Å². The van der Waals surface area contributed by atoms with Gasteiger partial charge in [-0.3, -0.25) is 9.88 Å². The van der Waals surface area contributed by atoms with Gasteiger partial charge in [-0.2, -0.15) is 0 Å². The van der Waals surface area contributed by atoms with Crippen LogP contribution in [0.1, 0.15) is 24.2 Å². The van der Waals surface area contributed by atoms with Crippen molar-refractivity contribution in [3.63, 3.8) is 0 Å². The van der Waals surface area contributed by atoms with E-state index in [4.69, 9.17) is 14.2 Å². The van der Waals surface area contributed by atoms with E-state index in [1.807, 2.05) is 25.1 Å². The highest BCUT2D eigenvalue weighted by Gasteiger charge is 2.18. The lowest BCUT2D eigenvalue weighted by molar-refractivity contribution is 0.0398. The second kappa shape index (κ2) is 11.0. The normalized spacial score (nSPS) is 14.4. The summed E-state index contributed by atoms with van der Waals surface area (Å²) >= 11 is 0. The van der Waals surface area contributed by atoms with Crippen LogP contribution in [0.2, 0.25) is 0 Å². The monoisotopic (exact) mass is 409 g/mol. The average Bonchev–Trinajstić information content (AvgIpc) is 2.69. The van der Waals surface area contributed by atoms with Crippen molar-refractivity contribution < 1.29 is 19.0 Å². The molecule has 0 spiro atoms. The lowest BCUT2D eigenvalue weighted by atomic mass is 10.1. The molecule has 0 bridgehead atoms. The number of rotatable bonds is 8. The fourth-order valence-electron chi connectivity index (χ4n) is 3.15. The standard InChI is InChI=1S/C20H27N3O4.ClH/c1-3-26-15-5-6-18-16(13-15)19(17(14-22-18)20(24)27-4-2)21-7-8-23-9-11-25-12-10-23;/h5-6,13-14H,3-4,7-12H2,1-2H3,(H,21,22);1H. The van der Waals surface area contributed by atoms with E-state index < -0.39 is 0 Å². The van der Waals surface area contributed by atoms with Gasteiger partial charge < -0.3 is 19.5 Å². The van der Waals surface area contributed by atoms with E-state index in [1.165, 1.54) is 0 Å². The van der Waals surface area contributed by atoms with Crippen molar-refractivity contribution in [2.24, 2.45) is 0 Å². The van der Waals surface area contributed by atoms with Crippen LogP contribution in [0.15, 0.2) is 24.4 Å². The molecular weight excluding hydrogens is 382 g/mol. The first kappa shape index (κ1) is 22.2. The molecule has 28 heavy (non-hydrogen) atoms. The summed E-state index contributed by atoms with van der Waals surface area (Å²) in [4.78, 5) is 19.2. The van der Waals surface area contributed by atoms with E-state index in [2.05, 4.69) is 15.2 Å². The number of nitrogens with zero attached hydrogens (tertiary/aromatic N) is 2. The number of ether oxygens (including phenoxy) is 3. The number of anilines is 1. The number of pyridine rings is 1. The van der Waals surface area contributed by atoms with Gasteiger partial charge in [-0.25, -0.2) is 4.79 Å². The molecule has 0 aliphatic carbocycles. The Balaban J connectivity index is 0.00000280. The Hall–Kier alpha value is -2.09. The third-order valence-corrected chi connectivity index (χ3v) is 4.48. The van der Waals surface area contributed by atoms with E-state index >= 15 is 0 Å². The molecule has 1 aliphatic rings. The Bertz CT molecular complexity index is 781. The third-order valence-electron chi connectivity index (χ3n) is 4.48. The zero-order valence-electron chi connectivity index (χ0n) is 16.4. The number of carbonyl (C=O) groups is 1. The van der Waals surface area contributed by atoms with Crippen molar-refractivity contribution >= 4 is 35.0 Å². The lowest BCUT2D eigenvalue weighted by Gasteiger charge is -2.27. The number of aromatic nitrogens is 1. The van der Waals surface area contributed by atoms with Crippen LogP contribution in [0.5, 0.6) is 5.75 Å². The number of fused-ring (bicyclic) bond motifs is 1. The van der Waals surface area contributed by atoms with Crippen LogP contribution >= 0.6 is 12.4 Å². The zero-order chi connectivity index (χ0) is 19.1. The first-order valence-electron chi connectivity index (χ1n) is 9.49. The smallest absolute Gasteiger partial charge is 0.341 e. The summed E-state index contributed by atoms with van der Waals surface area (Å²) < 4.78 is 16.2. The molecule has 1 aromatic heterocycles. The number of hydrogen-bond acceptors (Lipinski definition) is 7. The fourth-order valence-corrected chi connectivity index (χ4v) is 3.15. The summed E-state index contributed by atoms with van der Waals surface area (Å²) in [5.41, 5.74) is 1.99. The predicted octanol–water partition coefficient (Wildman–Crippen LogP) is 2.98. The Kier molecular flexibility index (Phi) is 8.76. The molecule has 8 heteroatoms. The van der Waals surface area contributed by atoms with Gasteiger partial charge in [0.05, 0.1) is 37.6 Å². The maximum absolute atomic E-state index is 12.4. The SMILES string of the molecule is CCOC(=O)c1cnc2ccc(OCC)cc2c1NCCN1CCOCC1.Cl. The van der Waals surface area contributed by atoms with Crippen LogP contribution in [-0.2, 0) is 9.47 Å². The molecule has 3 rings (SSSR count). The summed E-state index contributed by atoms with van der Waals surface area (Å²) in [7, 11) is 0. The molecule has 0 saturated carbocycles. The molecule has 0 unspecified atom stereocenters. The number of benzene rings is 1. The summed E-state index contributed by atoms with van der Waals surface area (Å²) in [6.07, 6.45) is 1.58. The minimum absolute atomic E-state index is 0. The number of esters is 1. The summed E-state index contributed by atoms with van der Waals surface area (Å²) in [5, 5.41) is 4.29. The minimum Gasteiger partial charge on any atom is -0.494 e. The number of morpholine rings is 1. The molecule has 0 radical (unpaired) electrons. The van der Waals surface area contributed by atoms with Gasteiger partial charge in [0.1, 0.15) is 11.3 Å². The van der Waals surface area contributed by atoms with Crippen LogP contribution in [0.25, 0.3) is 10.9 Å². The lowest BCUT2D eigenvalue weighted by Crippen LogP contribution is -2.39. The molecule has 7 nitrogen and oxygen atoms in total. The largest absolute Gasteiger partial charge is 0.494 e. The highest BCUT2D eigenvalue weighted by molar-refractivity contribution is 6.05. The second-order valence-electron chi connectivity index (χ2n) is 6.26. The Morgan fingerprint density at radius 3 is 2.75 bits per heavy atom. The van der Waals surface area contributed by atoms with E-state index in [1.54, 1.807) is 13.1 Å². The van der Waals surface area contributed by atoms with E-state index in [9.17, 15) is 4.79 Å². The van der Waals surface area contributed by atoms with E-state index in [0.29, 0.717) is 25.3 Å². The summed E-state index contributed by atoms with van der Waals surface area (Å²) in [6.45, 7) is 9.62. The maximum atomic E-state index is 12.4. The van der Waals surface area contributed by atoms with Crippen molar-refractivity contribution in [3.8, 4) is 5.75 Å². The molecule has 1 fully saturated rings. The highest BCUT2D eigenvalue weighted by atomic mass is 35.5. The van der Waals surface area contributed by atoms with Crippen LogP contribution in [0.4, 0.5) is 5.69 Å². The fraction of sp³-hybridized carbons (Fsp3) is 0.500. The Morgan fingerprint density at radius 2 is 2.04 bits per heavy atom. The van der Waals surface area contributed by atoms with Gasteiger partial charge in [0.15, 0.2) is 0 Å². The first-order chi connectivity index (χ1) is 13.2. The predicted molar refractivity (Wildman–Crippen MR) is 112 cm³/mol. The Labute approximate surface area is 171 Å². The Morgan fingerprint density at radius 1 is 1.25 bits per heavy atom. The summed E-state index contributed by atoms with van der Waals surface area (Å²) in [6, 6.07) is 5.72. The third kappa shape index (κ3) is 5.47. The molecule has 2 aromatic rings. The van der Waals surface area contributed by atoms with E-state index in [-0.39, 0.29) is 18.4 Å². The quantitative estimate of drug-likeness (QED) is 0.672.